The highest BCUT2D eigenvalue weighted by Gasteiger charge is 2.35. The van der Waals surface area contributed by atoms with Gasteiger partial charge in [-0.2, -0.15) is 0 Å². The van der Waals surface area contributed by atoms with Crippen molar-refractivity contribution in [1.29, 1.82) is 0 Å². The maximum absolute atomic E-state index is 13.2. The summed E-state index contributed by atoms with van der Waals surface area (Å²) < 4.78 is 5.57. The fraction of sp³-hybridized carbons (Fsp3) is 0.320. The Morgan fingerprint density at radius 3 is 2.27 bits per heavy atom. The Kier molecular flexibility index (Phi) is 7.06. The lowest BCUT2D eigenvalue weighted by Gasteiger charge is -2.42. The van der Waals surface area contributed by atoms with Gasteiger partial charge in [-0.25, -0.2) is 14.8 Å². The van der Waals surface area contributed by atoms with Gasteiger partial charge in [-0.15, -0.1) is 0 Å². The molecule has 2 N–H and O–H groups in total. The Morgan fingerprint density at radius 2 is 1.70 bits per heavy atom. The first-order valence-electron chi connectivity index (χ1n) is 10.8. The Labute approximate surface area is 192 Å². The average molecular weight is 452 g/mol. The number of carboxylic acid groups (broad SMARTS) is 1. The molecule has 0 spiro atoms. The molecule has 1 aromatic heterocycles. The quantitative estimate of drug-likeness (QED) is 0.519. The molecule has 0 aliphatic rings. The van der Waals surface area contributed by atoms with E-state index in [-0.39, 0.29) is 24.8 Å². The molecule has 1 heterocycles. The van der Waals surface area contributed by atoms with E-state index in [1.54, 1.807) is 57.2 Å². The minimum Gasteiger partial charge on any atom is -0.464 e. The smallest absolute Gasteiger partial charge is 0.426 e. The third-order valence-corrected chi connectivity index (χ3v) is 5.03. The fourth-order valence-corrected chi connectivity index (χ4v) is 3.52. The summed E-state index contributed by atoms with van der Waals surface area (Å²) in [6.45, 7) is 7.69. The molecule has 3 amide bonds. The monoisotopic (exact) mass is 451 g/mol. The Bertz CT molecular complexity index is 1110. The highest BCUT2D eigenvalue weighted by molar-refractivity contribution is 5.96. The van der Waals surface area contributed by atoms with E-state index in [1.807, 2.05) is 25.1 Å². The maximum atomic E-state index is 13.2. The Hall–Kier alpha value is -3.81. The van der Waals surface area contributed by atoms with Crippen LogP contribution in [0.4, 0.5) is 4.79 Å². The molecular weight excluding hydrogens is 422 g/mol. The second-order valence-corrected chi connectivity index (χ2v) is 8.72. The summed E-state index contributed by atoms with van der Waals surface area (Å²) in [6.07, 6.45) is -0.596. The van der Waals surface area contributed by atoms with Crippen LogP contribution in [0.3, 0.4) is 0 Å². The molecule has 2 aromatic carbocycles. The predicted octanol–water partition coefficient (Wildman–Crippen LogP) is 4.91. The van der Waals surface area contributed by atoms with E-state index in [4.69, 9.17) is 4.42 Å². The van der Waals surface area contributed by atoms with Crippen molar-refractivity contribution in [2.75, 3.05) is 6.54 Å². The molecule has 174 valence electrons. The lowest BCUT2D eigenvalue weighted by Crippen LogP contribution is -2.58. The van der Waals surface area contributed by atoms with Crippen LogP contribution >= 0.6 is 0 Å². The van der Waals surface area contributed by atoms with Crippen molar-refractivity contribution in [1.82, 2.24) is 15.3 Å². The number of hydrogen-bond donors (Lipinski definition) is 2. The highest BCUT2D eigenvalue weighted by atomic mass is 16.4. The predicted molar refractivity (Wildman–Crippen MR) is 125 cm³/mol. The summed E-state index contributed by atoms with van der Waals surface area (Å²) in [6, 6.07) is 15.8. The molecule has 0 aliphatic heterocycles. The van der Waals surface area contributed by atoms with Crippen LogP contribution < -0.4 is 5.32 Å². The van der Waals surface area contributed by atoms with Crippen LogP contribution in [-0.2, 0) is 6.54 Å². The van der Waals surface area contributed by atoms with E-state index in [1.165, 1.54) is 5.01 Å². The number of benzene rings is 2. The van der Waals surface area contributed by atoms with Crippen LogP contribution in [0.1, 0.15) is 60.6 Å². The van der Waals surface area contributed by atoms with Crippen molar-refractivity contribution in [3.63, 3.8) is 0 Å². The number of rotatable bonds is 6. The summed E-state index contributed by atoms with van der Waals surface area (Å²) in [5.74, 6) is -0.508. The molecule has 0 fully saturated rings. The van der Waals surface area contributed by atoms with Crippen LogP contribution in [0.25, 0.3) is 11.0 Å². The minimum absolute atomic E-state index is 0.213. The highest BCUT2D eigenvalue weighted by Crippen LogP contribution is 2.22. The Balaban J connectivity index is 1.70. The molecule has 0 atom stereocenters. The molecule has 3 aromatic rings. The summed E-state index contributed by atoms with van der Waals surface area (Å²) in [7, 11) is 0. The van der Waals surface area contributed by atoms with Gasteiger partial charge >= 0.3 is 6.09 Å². The molecule has 0 unspecified atom stereocenters. The van der Waals surface area contributed by atoms with Crippen molar-refractivity contribution in [3.8, 4) is 0 Å². The standard InChI is InChI=1S/C25H29N3O5/c1-5-14-27(24(31)32)28(25(2,3)4)23(30)18-12-10-17(11-13-18)16-26-22(29)21-15-19-8-6-7-9-20(19)33-21/h6-13,15H,5,14,16H2,1-4H3,(H,26,29)(H,31,32). The number of fused-ring (bicyclic) bond motifs is 1. The van der Waals surface area contributed by atoms with Crippen molar-refractivity contribution in [2.45, 2.75) is 46.2 Å². The summed E-state index contributed by atoms with van der Waals surface area (Å²) in [5.41, 5.74) is 1.07. The van der Waals surface area contributed by atoms with Crippen molar-refractivity contribution >= 4 is 28.9 Å². The molecule has 8 heteroatoms. The number of para-hydroxylation sites is 1. The van der Waals surface area contributed by atoms with E-state index in [0.717, 1.165) is 16.0 Å². The van der Waals surface area contributed by atoms with Gasteiger partial charge in [-0.05, 0) is 57.0 Å². The molecule has 8 nitrogen and oxygen atoms in total. The minimum atomic E-state index is -1.18. The molecule has 3 rings (SSSR count). The number of nitrogens with one attached hydrogen (secondary N) is 1. The van der Waals surface area contributed by atoms with Crippen LogP contribution in [0.5, 0.6) is 0 Å². The number of carbonyl (C=O) groups is 3. The van der Waals surface area contributed by atoms with E-state index < -0.39 is 17.5 Å². The average Bonchev–Trinajstić information content (AvgIpc) is 3.21. The molecular formula is C25H29N3O5. The number of furan rings is 1. The number of hydrazine groups is 1. The van der Waals surface area contributed by atoms with Crippen molar-refractivity contribution in [3.05, 3.63) is 71.5 Å². The largest absolute Gasteiger partial charge is 0.464 e. The number of nitrogens with zero attached hydrogens (tertiary/aromatic N) is 2. The second kappa shape index (κ2) is 9.77. The normalized spacial score (nSPS) is 11.3. The molecule has 0 saturated heterocycles. The van der Waals surface area contributed by atoms with Crippen LogP contribution in [0.2, 0.25) is 0 Å². The third kappa shape index (κ3) is 5.52. The SMILES string of the molecule is CCCN(C(=O)O)N(C(=O)c1ccc(CNC(=O)c2cc3ccccc3o2)cc1)C(C)(C)C. The lowest BCUT2D eigenvalue weighted by atomic mass is 10.1. The van der Waals surface area contributed by atoms with Gasteiger partial charge in [0.15, 0.2) is 5.76 Å². The maximum Gasteiger partial charge on any atom is 0.426 e. The number of amides is 3. The zero-order valence-corrected chi connectivity index (χ0v) is 19.3. The lowest BCUT2D eigenvalue weighted by molar-refractivity contribution is -0.0459. The zero-order chi connectivity index (χ0) is 24.2. The van der Waals surface area contributed by atoms with Gasteiger partial charge in [0.05, 0.1) is 5.54 Å². The van der Waals surface area contributed by atoms with E-state index in [0.29, 0.717) is 17.6 Å². The van der Waals surface area contributed by atoms with Crippen LogP contribution in [0, 0.1) is 0 Å². The summed E-state index contributed by atoms with van der Waals surface area (Å²) in [5, 5.41) is 15.6. The Morgan fingerprint density at radius 1 is 1.03 bits per heavy atom. The van der Waals surface area contributed by atoms with Crippen molar-refractivity contribution < 1.29 is 23.9 Å². The fourth-order valence-electron chi connectivity index (χ4n) is 3.52. The van der Waals surface area contributed by atoms with Gasteiger partial charge < -0.3 is 14.8 Å². The summed E-state index contributed by atoms with van der Waals surface area (Å²) in [4.78, 5) is 37.4. The molecule has 0 bridgehead atoms. The van der Waals surface area contributed by atoms with Crippen LogP contribution in [0.15, 0.2) is 59.0 Å². The molecule has 0 aliphatic carbocycles. The van der Waals surface area contributed by atoms with Crippen LogP contribution in [-0.4, -0.2) is 45.1 Å². The first-order valence-corrected chi connectivity index (χ1v) is 10.8. The van der Waals surface area contributed by atoms with Gasteiger partial charge in [-0.3, -0.25) is 9.59 Å². The summed E-state index contributed by atoms with van der Waals surface area (Å²) >= 11 is 0. The molecule has 0 radical (unpaired) electrons. The van der Waals surface area contributed by atoms with E-state index >= 15 is 0 Å². The number of carbonyl (C=O) groups excluding carboxylic acids is 2. The molecule has 0 saturated carbocycles. The van der Waals surface area contributed by atoms with Gasteiger partial charge in [0.2, 0.25) is 0 Å². The molecule has 33 heavy (non-hydrogen) atoms. The van der Waals surface area contributed by atoms with Gasteiger partial charge in [0, 0.05) is 24.0 Å². The topological polar surface area (TPSA) is 103 Å². The zero-order valence-electron chi connectivity index (χ0n) is 19.3. The first kappa shape index (κ1) is 23.8. The van der Waals surface area contributed by atoms with E-state index in [2.05, 4.69) is 5.32 Å². The van der Waals surface area contributed by atoms with Gasteiger partial charge in [0.25, 0.3) is 11.8 Å². The van der Waals surface area contributed by atoms with Gasteiger partial charge in [0.1, 0.15) is 5.58 Å². The van der Waals surface area contributed by atoms with E-state index in [9.17, 15) is 19.5 Å². The second-order valence-electron chi connectivity index (χ2n) is 8.72. The van der Waals surface area contributed by atoms with Crippen molar-refractivity contribution in [2.24, 2.45) is 0 Å². The third-order valence-electron chi connectivity index (χ3n) is 5.03. The first-order chi connectivity index (χ1) is 15.6. The van der Waals surface area contributed by atoms with Gasteiger partial charge in [-0.1, -0.05) is 37.3 Å². The number of hydrogen-bond acceptors (Lipinski definition) is 4.